The molecule has 0 fully saturated rings. The number of aromatic nitrogens is 2. The molecule has 18 heavy (non-hydrogen) atoms. The standard InChI is InChI=1S/C12H13F2N3S/c1-3-11-16-12(18-17-11)15-7(2)8-4-5-9(13)10(14)6-8/h4-7H,3H2,1-2H3,(H,15,16,17). The second kappa shape index (κ2) is 5.39. The molecule has 1 unspecified atom stereocenters. The van der Waals surface area contributed by atoms with E-state index in [1.807, 2.05) is 13.8 Å². The van der Waals surface area contributed by atoms with Crippen molar-refractivity contribution in [2.24, 2.45) is 0 Å². The van der Waals surface area contributed by atoms with Crippen LogP contribution in [0.5, 0.6) is 0 Å². The zero-order valence-corrected chi connectivity index (χ0v) is 10.9. The molecular formula is C12H13F2N3S. The molecule has 1 N–H and O–H groups in total. The highest BCUT2D eigenvalue weighted by atomic mass is 32.1. The quantitative estimate of drug-likeness (QED) is 0.922. The Bertz CT molecular complexity index is 542. The van der Waals surface area contributed by atoms with Crippen LogP contribution in [-0.4, -0.2) is 9.36 Å². The molecule has 1 atom stereocenters. The number of hydrogen-bond acceptors (Lipinski definition) is 4. The third kappa shape index (κ3) is 2.81. The van der Waals surface area contributed by atoms with Crippen LogP contribution < -0.4 is 5.32 Å². The second-order valence-electron chi connectivity index (χ2n) is 3.91. The fourth-order valence-electron chi connectivity index (χ4n) is 1.51. The van der Waals surface area contributed by atoms with E-state index in [1.54, 1.807) is 6.07 Å². The van der Waals surface area contributed by atoms with Gasteiger partial charge in [0.2, 0.25) is 5.13 Å². The molecule has 6 heteroatoms. The number of rotatable bonds is 4. The summed E-state index contributed by atoms with van der Waals surface area (Å²) in [6.07, 6.45) is 0.776. The van der Waals surface area contributed by atoms with Gasteiger partial charge in [0.15, 0.2) is 11.6 Å². The highest BCUT2D eigenvalue weighted by Crippen LogP contribution is 2.22. The van der Waals surface area contributed by atoms with E-state index in [4.69, 9.17) is 0 Å². The molecule has 0 spiro atoms. The summed E-state index contributed by atoms with van der Waals surface area (Å²) in [6, 6.07) is 3.71. The highest BCUT2D eigenvalue weighted by Gasteiger charge is 2.11. The van der Waals surface area contributed by atoms with Crippen LogP contribution in [0.4, 0.5) is 13.9 Å². The van der Waals surface area contributed by atoms with Crippen molar-refractivity contribution in [3.63, 3.8) is 0 Å². The topological polar surface area (TPSA) is 37.8 Å². The molecule has 3 nitrogen and oxygen atoms in total. The molecule has 2 aromatic rings. The van der Waals surface area contributed by atoms with Gasteiger partial charge in [0.05, 0.1) is 6.04 Å². The first kappa shape index (κ1) is 12.9. The van der Waals surface area contributed by atoms with Gasteiger partial charge in [0.1, 0.15) is 5.82 Å². The molecular weight excluding hydrogens is 256 g/mol. The van der Waals surface area contributed by atoms with Crippen LogP contribution >= 0.6 is 11.5 Å². The Morgan fingerprint density at radius 2 is 2.11 bits per heavy atom. The van der Waals surface area contributed by atoms with E-state index in [1.165, 1.54) is 17.6 Å². The Morgan fingerprint density at radius 3 is 2.72 bits per heavy atom. The van der Waals surface area contributed by atoms with E-state index in [9.17, 15) is 8.78 Å². The Labute approximate surface area is 108 Å². The molecule has 1 heterocycles. The van der Waals surface area contributed by atoms with Crippen LogP contribution in [0.25, 0.3) is 0 Å². The molecule has 0 aliphatic rings. The summed E-state index contributed by atoms with van der Waals surface area (Å²) in [7, 11) is 0. The molecule has 0 radical (unpaired) electrons. The zero-order valence-electron chi connectivity index (χ0n) is 10.1. The smallest absolute Gasteiger partial charge is 0.203 e. The Morgan fingerprint density at radius 1 is 1.33 bits per heavy atom. The predicted octanol–water partition coefficient (Wildman–Crippen LogP) is 3.55. The summed E-state index contributed by atoms with van der Waals surface area (Å²) in [5.74, 6) is -0.900. The van der Waals surface area contributed by atoms with E-state index in [0.717, 1.165) is 18.3 Å². The number of aryl methyl sites for hydroxylation is 1. The fraction of sp³-hybridized carbons (Fsp3) is 0.333. The van der Waals surface area contributed by atoms with Crippen LogP contribution in [0, 0.1) is 11.6 Å². The maximum atomic E-state index is 13.1. The van der Waals surface area contributed by atoms with Crippen LogP contribution in [-0.2, 0) is 6.42 Å². The van der Waals surface area contributed by atoms with Gasteiger partial charge in [0, 0.05) is 18.0 Å². The van der Waals surface area contributed by atoms with Crippen LogP contribution in [0.15, 0.2) is 18.2 Å². The van der Waals surface area contributed by atoms with E-state index >= 15 is 0 Å². The second-order valence-corrected chi connectivity index (χ2v) is 4.66. The van der Waals surface area contributed by atoms with Crippen LogP contribution in [0.1, 0.15) is 31.3 Å². The van der Waals surface area contributed by atoms with Gasteiger partial charge in [-0.1, -0.05) is 13.0 Å². The van der Waals surface area contributed by atoms with Gasteiger partial charge in [-0.2, -0.15) is 4.37 Å². The Balaban J connectivity index is 2.11. The lowest BCUT2D eigenvalue weighted by Gasteiger charge is -2.12. The minimum atomic E-state index is -0.840. The van der Waals surface area contributed by atoms with Gasteiger partial charge in [-0.05, 0) is 24.6 Å². The normalized spacial score (nSPS) is 12.4. The number of nitrogens with zero attached hydrogens (tertiary/aromatic N) is 2. The lowest BCUT2D eigenvalue weighted by atomic mass is 10.1. The molecule has 0 amide bonds. The molecule has 0 aliphatic heterocycles. The van der Waals surface area contributed by atoms with Crippen molar-refractivity contribution in [1.29, 1.82) is 0 Å². The zero-order chi connectivity index (χ0) is 13.1. The molecule has 0 bridgehead atoms. The van der Waals surface area contributed by atoms with Crippen molar-refractivity contribution < 1.29 is 8.78 Å². The first-order valence-corrected chi connectivity index (χ1v) is 6.41. The molecule has 0 saturated carbocycles. The van der Waals surface area contributed by atoms with E-state index in [0.29, 0.717) is 10.7 Å². The minimum absolute atomic E-state index is 0.155. The summed E-state index contributed by atoms with van der Waals surface area (Å²) < 4.78 is 30.1. The fourth-order valence-corrected chi connectivity index (χ4v) is 2.24. The summed E-state index contributed by atoms with van der Waals surface area (Å²) in [5.41, 5.74) is 0.669. The number of benzene rings is 1. The number of halogens is 2. The van der Waals surface area contributed by atoms with Crippen molar-refractivity contribution in [1.82, 2.24) is 9.36 Å². The molecule has 1 aromatic carbocycles. The number of anilines is 1. The Kier molecular flexibility index (Phi) is 3.86. The van der Waals surface area contributed by atoms with Gasteiger partial charge >= 0.3 is 0 Å². The largest absolute Gasteiger partial charge is 0.354 e. The minimum Gasteiger partial charge on any atom is -0.354 e. The SMILES string of the molecule is CCc1nsc(NC(C)c2ccc(F)c(F)c2)n1. The summed E-state index contributed by atoms with van der Waals surface area (Å²) in [6.45, 7) is 3.84. The third-order valence-corrected chi connectivity index (χ3v) is 3.25. The lowest BCUT2D eigenvalue weighted by Crippen LogP contribution is -2.07. The van der Waals surface area contributed by atoms with Crippen molar-refractivity contribution in [3.8, 4) is 0 Å². The highest BCUT2D eigenvalue weighted by molar-refractivity contribution is 7.09. The maximum Gasteiger partial charge on any atom is 0.203 e. The van der Waals surface area contributed by atoms with Gasteiger partial charge in [-0.25, -0.2) is 13.8 Å². The average molecular weight is 269 g/mol. The monoisotopic (exact) mass is 269 g/mol. The molecule has 0 aliphatic carbocycles. The molecule has 2 rings (SSSR count). The average Bonchev–Trinajstić information content (AvgIpc) is 2.80. The van der Waals surface area contributed by atoms with Crippen molar-refractivity contribution in [3.05, 3.63) is 41.2 Å². The first-order chi connectivity index (χ1) is 8.60. The molecule has 0 saturated heterocycles. The molecule has 1 aromatic heterocycles. The molecule has 96 valence electrons. The van der Waals surface area contributed by atoms with Crippen LogP contribution in [0.3, 0.4) is 0 Å². The number of nitrogens with one attached hydrogen (secondary N) is 1. The third-order valence-electron chi connectivity index (χ3n) is 2.57. The summed E-state index contributed by atoms with van der Waals surface area (Å²) in [5, 5.41) is 3.80. The van der Waals surface area contributed by atoms with Crippen LogP contribution in [0.2, 0.25) is 0 Å². The van der Waals surface area contributed by atoms with Crippen molar-refractivity contribution >= 4 is 16.7 Å². The van der Waals surface area contributed by atoms with Crippen molar-refractivity contribution in [2.45, 2.75) is 26.3 Å². The van der Waals surface area contributed by atoms with E-state index in [-0.39, 0.29) is 6.04 Å². The van der Waals surface area contributed by atoms with Gasteiger partial charge in [-0.15, -0.1) is 0 Å². The van der Waals surface area contributed by atoms with E-state index < -0.39 is 11.6 Å². The summed E-state index contributed by atoms with van der Waals surface area (Å²) >= 11 is 1.26. The van der Waals surface area contributed by atoms with Crippen molar-refractivity contribution in [2.75, 3.05) is 5.32 Å². The predicted molar refractivity (Wildman–Crippen MR) is 67.7 cm³/mol. The summed E-state index contributed by atoms with van der Waals surface area (Å²) in [4.78, 5) is 4.26. The lowest BCUT2D eigenvalue weighted by molar-refractivity contribution is 0.506. The van der Waals surface area contributed by atoms with Gasteiger partial charge < -0.3 is 5.32 Å². The van der Waals surface area contributed by atoms with E-state index in [2.05, 4.69) is 14.7 Å². The van der Waals surface area contributed by atoms with Gasteiger partial charge in [0.25, 0.3) is 0 Å². The first-order valence-electron chi connectivity index (χ1n) is 5.64. The van der Waals surface area contributed by atoms with Gasteiger partial charge in [-0.3, -0.25) is 0 Å². The maximum absolute atomic E-state index is 13.1. The number of hydrogen-bond donors (Lipinski definition) is 1. The Hall–Kier alpha value is -1.56.